The average Bonchev–Trinajstić information content (AvgIpc) is 2.57. The van der Waals surface area contributed by atoms with Crippen molar-refractivity contribution >= 4 is 17.6 Å². The fraction of sp³-hybridized carbons (Fsp3) is 0.182. The fourth-order valence-corrected chi connectivity index (χ4v) is 1.84. The van der Waals surface area contributed by atoms with Gasteiger partial charge in [0.2, 0.25) is 5.91 Å². The quantitative estimate of drug-likeness (QED) is 0.769. The molecule has 1 aromatic carbocycles. The molecule has 5 nitrogen and oxygen atoms in total. The molecule has 2 rings (SSSR count). The summed E-state index contributed by atoms with van der Waals surface area (Å²) in [7, 11) is 0. The van der Waals surface area contributed by atoms with Gasteiger partial charge in [-0.2, -0.15) is 5.26 Å². The van der Waals surface area contributed by atoms with Crippen LogP contribution in [0.4, 0.5) is 5.69 Å². The lowest BCUT2D eigenvalue weighted by molar-refractivity contribution is -0.142. The Bertz CT molecular complexity index is 504. The molecule has 0 fully saturated rings. The summed E-state index contributed by atoms with van der Waals surface area (Å²) in [5.41, 5.74) is 1.15. The van der Waals surface area contributed by atoms with Crippen LogP contribution in [0.5, 0.6) is 0 Å². The molecular weight excluding hydrogens is 208 g/mol. The summed E-state index contributed by atoms with van der Waals surface area (Å²) >= 11 is 0. The van der Waals surface area contributed by atoms with Gasteiger partial charge in [0.1, 0.15) is 0 Å². The number of nitrogens with zero attached hydrogens (tertiary/aromatic N) is 1. The van der Waals surface area contributed by atoms with Crippen molar-refractivity contribution < 1.29 is 14.7 Å². The molecule has 1 aliphatic rings. The van der Waals surface area contributed by atoms with Crippen LogP contribution >= 0.6 is 0 Å². The lowest BCUT2D eigenvalue weighted by atomic mass is 9.88. The van der Waals surface area contributed by atoms with E-state index in [0.717, 1.165) is 0 Å². The van der Waals surface area contributed by atoms with E-state index >= 15 is 0 Å². The van der Waals surface area contributed by atoms with Gasteiger partial charge in [0.25, 0.3) is 0 Å². The molecule has 0 radical (unpaired) electrons. The minimum absolute atomic E-state index is 0.435. The zero-order valence-corrected chi connectivity index (χ0v) is 8.18. The van der Waals surface area contributed by atoms with Crippen molar-refractivity contribution in [2.45, 2.75) is 5.92 Å². The maximum absolute atomic E-state index is 11.6. The van der Waals surface area contributed by atoms with E-state index in [9.17, 15) is 9.59 Å². The van der Waals surface area contributed by atoms with Crippen molar-refractivity contribution in [1.82, 2.24) is 0 Å². The molecule has 2 N–H and O–H groups in total. The molecule has 1 aliphatic heterocycles. The molecule has 0 spiro atoms. The van der Waals surface area contributed by atoms with E-state index < -0.39 is 23.7 Å². The number of nitriles is 1. The van der Waals surface area contributed by atoms with Gasteiger partial charge in [-0.1, -0.05) is 18.2 Å². The van der Waals surface area contributed by atoms with Crippen LogP contribution in [-0.2, 0) is 9.59 Å². The minimum Gasteiger partial charge on any atom is -0.480 e. The molecule has 1 heterocycles. The zero-order valence-electron chi connectivity index (χ0n) is 8.18. The predicted octanol–water partition coefficient (Wildman–Crippen LogP) is 0.947. The largest absolute Gasteiger partial charge is 0.480 e. The topological polar surface area (TPSA) is 90.2 Å². The molecule has 0 saturated heterocycles. The summed E-state index contributed by atoms with van der Waals surface area (Å²) < 4.78 is 0. The van der Waals surface area contributed by atoms with Crippen LogP contribution in [0.2, 0.25) is 0 Å². The first-order chi connectivity index (χ1) is 7.65. The number of carboxylic acids is 1. The molecule has 0 unspecified atom stereocenters. The number of aliphatic carboxylic acids is 1. The van der Waals surface area contributed by atoms with Crippen molar-refractivity contribution in [3.8, 4) is 6.07 Å². The average molecular weight is 216 g/mol. The van der Waals surface area contributed by atoms with Crippen LogP contribution in [0, 0.1) is 17.2 Å². The van der Waals surface area contributed by atoms with Crippen LogP contribution in [0.25, 0.3) is 0 Å². The number of carbonyl (C=O) groups excluding carboxylic acids is 1. The van der Waals surface area contributed by atoms with Gasteiger partial charge in [-0.25, -0.2) is 0 Å². The number of amides is 1. The maximum atomic E-state index is 11.6. The Morgan fingerprint density at radius 2 is 2.19 bits per heavy atom. The van der Waals surface area contributed by atoms with Crippen molar-refractivity contribution in [3.63, 3.8) is 0 Å². The summed E-state index contributed by atoms with van der Waals surface area (Å²) in [6.45, 7) is 0. The van der Waals surface area contributed by atoms with Crippen LogP contribution < -0.4 is 5.32 Å². The number of rotatable bonds is 2. The highest BCUT2D eigenvalue weighted by molar-refractivity contribution is 6.05. The molecule has 1 amide bonds. The van der Waals surface area contributed by atoms with Crippen molar-refractivity contribution in [2.24, 2.45) is 5.92 Å². The predicted molar refractivity (Wildman–Crippen MR) is 54.6 cm³/mol. The number of anilines is 1. The number of carbonyl (C=O) groups is 2. The summed E-state index contributed by atoms with van der Waals surface area (Å²) in [6.07, 6.45) is 0. The molecule has 0 aliphatic carbocycles. The Labute approximate surface area is 91.3 Å². The summed E-state index contributed by atoms with van der Waals surface area (Å²) in [6, 6.07) is 8.45. The maximum Gasteiger partial charge on any atom is 0.322 e. The van der Waals surface area contributed by atoms with E-state index in [-0.39, 0.29) is 0 Å². The number of benzene rings is 1. The van der Waals surface area contributed by atoms with Crippen LogP contribution in [0.15, 0.2) is 24.3 Å². The third-order valence-electron chi connectivity index (χ3n) is 2.57. The first-order valence-electron chi connectivity index (χ1n) is 4.67. The highest BCUT2D eigenvalue weighted by Crippen LogP contribution is 2.36. The minimum atomic E-state index is -1.34. The van der Waals surface area contributed by atoms with Crippen molar-refractivity contribution in [1.29, 1.82) is 5.26 Å². The fourth-order valence-electron chi connectivity index (χ4n) is 1.84. The smallest absolute Gasteiger partial charge is 0.322 e. The van der Waals surface area contributed by atoms with Gasteiger partial charge in [-0.15, -0.1) is 0 Å². The number of fused-ring (bicyclic) bond motifs is 1. The van der Waals surface area contributed by atoms with Gasteiger partial charge in [0, 0.05) is 5.69 Å². The Hall–Kier alpha value is -2.35. The number of nitrogens with one attached hydrogen (secondary N) is 1. The second-order valence-corrected chi connectivity index (χ2v) is 3.50. The molecule has 0 saturated carbocycles. The first kappa shape index (κ1) is 10.2. The third kappa shape index (κ3) is 1.41. The Morgan fingerprint density at radius 3 is 2.81 bits per heavy atom. The van der Waals surface area contributed by atoms with E-state index in [4.69, 9.17) is 10.4 Å². The molecule has 5 heteroatoms. The second kappa shape index (κ2) is 3.66. The van der Waals surface area contributed by atoms with Gasteiger partial charge in [-0.3, -0.25) is 9.59 Å². The summed E-state index contributed by atoms with van der Waals surface area (Å²) in [5, 5.41) is 20.2. The van der Waals surface area contributed by atoms with Crippen LogP contribution in [0.1, 0.15) is 11.5 Å². The molecule has 16 heavy (non-hydrogen) atoms. The van der Waals surface area contributed by atoms with Gasteiger partial charge in [-0.05, 0) is 11.6 Å². The molecule has 80 valence electrons. The number of carboxylic acid groups (broad SMARTS) is 1. The Kier molecular flexibility index (Phi) is 2.33. The van der Waals surface area contributed by atoms with E-state index in [2.05, 4.69) is 5.32 Å². The number of para-hydroxylation sites is 1. The van der Waals surface area contributed by atoms with E-state index in [1.165, 1.54) is 0 Å². The monoisotopic (exact) mass is 216 g/mol. The van der Waals surface area contributed by atoms with Crippen molar-refractivity contribution in [3.05, 3.63) is 29.8 Å². The molecule has 1 aromatic rings. The van der Waals surface area contributed by atoms with E-state index in [1.807, 2.05) is 0 Å². The second-order valence-electron chi connectivity index (χ2n) is 3.50. The summed E-state index contributed by atoms with van der Waals surface area (Å²) in [5.74, 6) is -3.98. The van der Waals surface area contributed by atoms with Gasteiger partial charge >= 0.3 is 5.97 Å². The standard InChI is InChI=1S/C11H8N2O3/c12-5-7(11(15)16)9-6-3-1-2-4-8(6)13-10(9)14/h1-4,7,9H,(H,13,14)(H,15,16)/t7-,9+/m0/s1. The molecule has 0 bridgehead atoms. The van der Waals surface area contributed by atoms with Crippen LogP contribution in [0.3, 0.4) is 0 Å². The zero-order chi connectivity index (χ0) is 11.7. The molecule has 2 atom stereocenters. The first-order valence-corrected chi connectivity index (χ1v) is 4.67. The number of hydrogen-bond donors (Lipinski definition) is 2. The van der Waals surface area contributed by atoms with Crippen molar-refractivity contribution in [2.75, 3.05) is 5.32 Å². The van der Waals surface area contributed by atoms with E-state index in [1.54, 1.807) is 30.3 Å². The molecular formula is C11H8N2O3. The van der Waals surface area contributed by atoms with Gasteiger partial charge in [0.15, 0.2) is 5.92 Å². The summed E-state index contributed by atoms with van der Waals surface area (Å²) in [4.78, 5) is 22.5. The van der Waals surface area contributed by atoms with Gasteiger partial charge < -0.3 is 10.4 Å². The lowest BCUT2D eigenvalue weighted by Crippen LogP contribution is -2.26. The van der Waals surface area contributed by atoms with Crippen LogP contribution in [-0.4, -0.2) is 17.0 Å². The Morgan fingerprint density at radius 1 is 1.50 bits per heavy atom. The SMILES string of the molecule is N#C[C@H](C(=O)O)[C@@H]1C(=O)Nc2ccccc21. The number of hydrogen-bond acceptors (Lipinski definition) is 3. The highest BCUT2D eigenvalue weighted by Gasteiger charge is 2.40. The van der Waals surface area contributed by atoms with Gasteiger partial charge in [0.05, 0.1) is 12.0 Å². The lowest BCUT2D eigenvalue weighted by Gasteiger charge is -2.10. The molecule has 0 aromatic heterocycles. The highest BCUT2D eigenvalue weighted by atomic mass is 16.4. The Balaban J connectivity index is 2.47. The normalized spacial score (nSPS) is 19.4. The third-order valence-corrected chi connectivity index (χ3v) is 2.57. The van der Waals surface area contributed by atoms with E-state index in [0.29, 0.717) is 11.3 Å².